The zero-order valence-electron chi connectivity index (χ0n) is 12.8. The van der Waals surface area contributed by atoms with Crippen molar-refractivity contribution >= 4 is 5.69 Å². The van der Waals surface area contributed by atoms with Crippen LogP contribution in [-0.2, 0) is 12.8 Å². The van der Waals surface area contributed by atoms with Gasteiger partial charge in [-0.05, 0) is 43.1 Å². The molecule has 2 heteroatoms. The molecule has 1 fully saturated rings. The van der Waals surface area contributed by atoms with E-state index in [-0.39, 0.29) is 0 Å². The maximum absolute atomic E-state index is 2.49. The number of piperazine rings is 1. The number of nitrogens with zero attached hydrogens (tertiary/aromatic N) is 2. The van der Waals surface area contributed by atoms with Crippen molar-refractivity contribution in [2.24, 2.45) is 0 Å². The third kappa shape index (κ3) is 3.85. The van der Waals surface area contributed by atoms with Crippen molar-refractivity contribution in [3.8, 4) is 0 Å². The number of hydrogen-bond donors (Lipinski definition) is 0. The van der Waals surface area contributed by atoms with Gasteiger partial charge in [0.25, 0.3) is 0 Å². The summed E-state index contributed by atoms with van der Waals surface area (Å²) in [5.41, 5.74) is 4.21. The van der Waals surface area contributed by atoms with Crippen molar-refractivity contribution in [3.63, 3.8) is 0 Å². The molecule has 0 saturated carbocycles. The van der Waals surface area contributed by atoms with E-state index in [2.05, 4.69) is 71.4 Å². The summed E-state index contributed by atoms with van der Waals surface area (Å²) in [5.74, 6) is 0. The zero-order valence-corrected chi connectivity index (χ0v) is 12.8. The van der Waals surface area contributed by atoms with E-state index in [4.69, 9.17) is 0 Å². The Morgan fingerprint density at radius 1 is 0.714 bits per heavy atom. The average molecular weight is 280 g/mol. The first-order valence-electron chi connectivity index (χ1n) is 7.87. The highest BCUT2D eigenvalue weighted by atomic mass is 15.2. The third-order valence-corrected chi connectivity index (χ3v) is 4.35. The molecule has 0 aliphatic carbocycles. The topological polar surface area (TPSA) is 6.48 Å². The van der Waals surface area contributed by atoms with E-state index < -0.39 is 0 Å². The van der Waals surface area contributed by atoms with Gasteiger partial charge in [-0.25, -0.2) is 0 Å². The van der Waals surface area contributed by atoms with Crippen molar-refractivity contribution in [1.82, 2.24) is 4.90 Å². The highest BCUT2D eigenvalue weighted by molar-refractivity contribution is 5.48. The molecule has 0 bridgehead atoms. The fourth-order valence-electron chi connectivity index (χ4n) is 2.87. The monoisotopic (exact) mass is 280 g/mol. The molecule has 0 unspecified atom stereocenters. The maximum atomic E-state index is 2.49. The van der Waals surface area contributed by atoms with Crippen molar-refractivity contribution < 1.29 is 0 Å². The fourth-order valence-corrected chi connectivity index (χ4v) is 2.87. The largest absolute Gasteiger partial charge is 0.369 e. The van der Waals surface area contributed by atoms with Gasteiger partial charge in [0.05, 0.1) is 0 Å². The molecule has 1 heterocycles. The van der Waals surface area contributed by atoms with Crippen LogP contribution in [0.15, 0.2) is 54.6 Å². The van der Waals surface area contributed by atoms with Crippen LogP contribution in [0.3, 0.4) is 0 Å². The standard InChI is InChI=1S/C19H24N2/c1-20-13-15-21(16-14-20)19-11-9-18(10-12-19)8-7-17-5-3-2-4-6-17/h2-6,9-12H,7-8,13-16H2,1H3. The summed E-state index contributed by atoms with van der Waals surface area (Å²) < 4.78 is 0. The molecule has 1 aliphatic heterocycles. The second-order valence-electron chi connectivity index (χ2n) is 5.94. The van der Waals surface area contributed by atoms with E-state index in [0.29, 0.717) is 0 Å². The van der Waals surface area contributed by atoms with E-state index in [1.165, 1.54) is 16.8 Å². The number of benzene rings is 2. The fraction of sp³-hybridized carbons (Fsp3) is 0.368. The number of aryl methyl sites for hydroxylation is 2. The molecule has 0 N–H and O–H groups in total. The summed E-state index contributed by atoms with van der Waals surface area (Å²) in [6, 6.07) is 19.9. The van der Waals surface area contributed by atoms with Crippen LogP contribution in [0.4, 0.5) is 5.69 Å². The molecule has 1 saturated heterocycles. The lowest BCUT2D eigenvalue weighted by Crippen LogP contribution is -2.44. The minimum Gasteiger partial charge on any atom is -0.369 e. The quantitative estimate of drug-likeness (QED) is 0.848. The molecule has 2 nitrogen and oxygen atoms in total. The molecule has 1 aliphatic rings. The summed E-state index contributed by atoms with van der Waals surface area (Å²) in [7, 11) is 2.20. The molecule has 0 aromatic heterocycles. The molecule has 2 aromatic carbocycles. The second kappa shape index (κ2) is 6.77. The number of anilines is 1. The summed E-state index contributed by atoms with van der Waals surface area (Å²) >= 11 is 0. The molecule has 2 aromatic rings. The Morgan fingerprint density at radius 2 is 1.29 bits per heavy atom. The molecule has 110 valence electrons. The molecule has 21 heavy (non-hydrogen) atoms. The number of likely N-dealkylation sites (N-methyl/N-ethyl adjacent to an activating group) is 1. The lowest BCUT2D eigenvalue weighted by Gasteiger charge is -2.34. The van der Waals surface area contributed by atoms with Gasteiger partial charge < -0.3 is 9.80 Å². The van der Waals surface area contributed by atoms with E-state index in [0.717, 1.165) is 39.0 Å². The minimum atomic E-state index is 1.12. The molecule has 0 spiro atoms. The van der Waals surface area contributed by atoms with Crippen molar-refractivity contribution in [1.29, 1.82) is 0 Å². The van der Waals surface area contributed by atoms with Crippen LogP contribution < -0.4 is 4.90 Å². The van der Waals surface area contributed by atoms with Crippen molar-refractivity contribution in [3.05, 3.63) is 65.7 Å². The first-order chi connectivity index (χ1) is 10.3. The summed E-state index contributed by atoms with van der Waals surface area (Å²) in [6.45, 7) is 4.60. The summed E-state index contributed by atoms with van der Waals surface area (Å²) in [4.78, 5) is 4.88. The van der Waals surface area contributed by atoms with Crippen LogP contribution in [0.5, 0.6) is 0 Å². The molecular formula is C19H24N2. The van der Waals surface area contributed by atoms with Gasteiger partial charge in [0, 0.05) is 31.9 Å². The van der Waals surface area contributed by atoms with Crippen LogP contribution in [0.25, 0.3) is 0 Å². The first-order valence-corrected chi connectivity index (χ1v) is 7.87. The molecular weight excluding hydrogens is 256 g/mol. The normalized spacial score (nSPS) is 16.1. The van der Waals surface area contributed by atoms with Crippen LogP contribution in [0.2, 0.25) is 0 Å². The highest BCUT2D eigenvalue weighted by Crippen LogP contribution is 2.18. The van der Waals surface area contributed by atoms with Gasteiger partial charge in [-0.1, -0.05) is 42.5 Å². The Bertz CT molecular complexity index is 540. The summed E-state index contributed by atoms with van der Waals surface area (Å²) in [6.07, 6.45) is 2.24. The molecule has 0 amide bonds. The van der Waals surface area contributed by atoms with Gasteiger partial charge in [-0.3, -0.25) is 0 Å². The van der Waals surface area contributed by atoms with Crippen molar-refractivity contribution in [2.45, 2.75) is 12.8 Å². The molecule has 3 rings (SSSR count). The number of hydrogen-bond acceptors (Lipinski definition) is 2. The predicted octanol–water partition coefficient (Wildman–Crippen LogP) is 3.22. The first kappa shape index (κ1) is 14.2. The van der Waals surface area contributed by atoms with Crippen LogP contribution >= 0.6 is 0 Å². The second-order valence-corrected chi connectivity index (χ2v) is 5.94. The zero-order chi connectivity index (χ0) is 14.5. The Balaban J connectivity index is 1.57. The van der Waals surface area contributed by atoms with E-state index in [9.17, 15) is 0 Å². The Kier molecular flexibility index (Phi) is 4.56. The Morgan fingerprint density at radius 3 is 1.90 bits per heavy atom. The number of rotatable bonds is 4. The maximum Gasteiger partial charge on any atom is 0.0367 e. The van der Waals surface area contributed by atoms with Crippen LogP contribution in [0, 0.1) is 0 Å². The van der Waals surface area contributed by atoms with Crippen molar-refractivity contribution in [2.75, 3.05) is 38.1 Å². The molecule has 0 radical (unpaired) electrons. The van der Waals surface area contributed by atoms with Gasteiger partial charge in [0.1, 0.15) is 0 Å². The van der Waals surface area contributed by atoms with Crippen LogP contribution in [-0.4, -0.2) is 38.1 Å². The smallest absolute Gasteiger partial charge is 0.0367 e. The SMILES string of the molecule is CN1CCN(c2ccc(CCc3ccccc3)cc2)CC1. The van der Waals surface area contributed by atoms with Crippen LogP contribution in [0.1, 0.15) is 11.1 Å². The predicted molar refractivity (Wildman–Crippen MR) is 90.0 cm³/mol. The summed E-state index contributed by atoms with van der Waals surface area (Å²) in [5, 5.41) is 0. The van der Waals surface area contributed by atoms with Gasteiger partial charge in [-0.15, -0.1) is 0 Å². The van der Waals surface area contributed by atoms with E-state index in [1.54, 1.807) is 0 Å². The molecule has 0 atom stereocenters. The average Bonchev–Trinajstić information content (AvgIpc) is 2.55. The van der Waals surface area contributed by atoms with Gasteiger partial charge in [-0.2, -0.15) is 0 Å². The van der Waals surface area contributed by atoms with Gasteiger partial charge in [0.15, 0.2) is 0 Å². The van der Waals surface area contributed by atoms with E-state index >= 15 is 0 Å². The third-order valence-electron chi connectivity index (χ3n) is 4.35. The minimum absolute atomic E-state index is 1.12. The van der Waals surface area contributed by atoms with E-state index in [1.807, 2.05) is 0 Å². The van der Waals surface area contributed by atoms with Gasteiger partial charge >= 0.3 is 0 Å². The Hall–Kier alpha value is -1.80. The Labute approximate surface area is 128 Å². The van der Waals surface area contributed by atoms with Gasteiger partial charge in [0.2, 0.25) is 0 Å². The highest BCUT2D eigenvalue weighted by Gasteiger charge is 2.13. The lowest BCUT2D eigenvalue weighted by molar-refractivity contribution is 0.313. The lowest BCUT2D eigenvalue weighted by atomic mass is 10.0.